The fraction of sp³-hybridized carbons (Fsp3) is 0.562. The molecule has 1 aliphatic rings. The molecule has 116 valence electrons. The SMILES string of the molecule is O=C(NCCCO)Nc1ccccc1N1CCCCCC1. The van der Waals surface area contributed by atoms with Crippen molar-refractivity contribution in [2.24, 2.45) is 0 Å². The van der Waals surface area contributed by atoms with Crippen molar-refractivity contribution < 1.29 is 9.90 Å². The molecule has 1 heterocycles. The zero-order valence-electron chi connectivity index (χ0n) is 12.5. The third-order valence-corrected chi connectivity index (χ3v) is 3.72. The summed E-state index contributed by atoms with van der Waals surface area (Å²) in [7, 11) is 0. The lowest BCUT2D eigenvalue weighted by molar-refractivity contribution is 0.249. The Balaban J connectivity index is 2.00. The molecule has 1 aromatic carbocycles. The number of nitrogens with zero attached hydrogens (tertiary/aromatic N) is 1. The van der Waals surface area contributed by atoms with Gasteiger partial charge in [0.05, 0.1) is 11.4 Å². The number of aliphatic hydroxyl groups is 1. The Morgan fingerprint density at radius 2 is 1.86 bits per heavy atom. The van der Waals surface area contributed by atoms with E-state index in [0.29, 0.717) is 13.0 Å². The normalized spacial score (nSPS) is 15.4. The number of aliphatic hydroxyl groups excluding tert-OH is 1. The second kappa shape index (κ2) is 8.52. The van der Waals surface area contributed by atoms with E-state index in [1.165, 1.54) is 25.7 Å². The van der Waals surface area contributed by atoms with E-state index in [2.05, 4.69) is 21.6 Å². The van der Waals surface area contributed by atoms with Crippen molar-refractivity contribution >= 4 is 17.4 Å². The van der Waals surface area contributed by atoms with Crippen LogP contribution in [0.2, 0.25) is 0 Å². The van der Waals surface area contributed by atoms with E-state index in [1.807, 2.05) is 18.2 Å². The van der Waals surface area contributed by atoms with Gasteiger partial charge in [0, 0.05) is 26.2 Å². The van der Waals surface area contributed by atoms with E-state index in [1.54, 1.807) is 0 Å². The second-order valence-electron chi connectivity index (χ2n) is 5.38. The fourth-order valence-electron chi connectivity index (χ4n) is 2.61. The van der Waals surface area contributed by atoms with Gasteiger partial charge >= 0.3 is 6.03 Å². The van der Waals surface area contributed by atoms with Gasteiger partial charge < -0.3 is 20.6 Å². The Labute approximate surface area is 126 Å². The van der Waals surface area contributed by atoms with Crippen LogP contribution in [-0.2, 0) is 0 Å². The van der Waals surface area contributed by atoms with Crippen LogP contribution in [0.5, 0.6) is 0 Å². The third-order valence-electron chi connectivity index (χ3n) is 3.72. The Hall–Kier alpha value is -1.75. The molecule has 1 aliphatic heterocycles. The van der Waals surface area contributed by atoms with Crippen LogP contribution in [0.1, 0.15) is 32.1 Å². The summed E-state index contributed by atoms with van der Waals surface area (Å²) < 4.78 is 0. The van der Waals surface area contributed by atoms with Crippen LogP contribution in [0.15, 0.2) is 24.3 Å². The summed E-state index contributed by atoms with van der Waals surface area (Å²) in [6.07, 6.45) is 5.55. The first-order valence-electron chi connectivity index (χ1n) is 7.81. The first-order valence-corrected chi connectivity index (χ1v) is 7.81. The topological polar surface area (TPSA) is 64.6 Å². The number of hydrogen-bond donors (Lipinski definition) is 3. The first-order chi connectivity index (χ1) is 10.3. The summed E-state index contributed by atoms with van der Waals surface area (Å²) in [4.78, 5) is 14.2. The molecule has 0 radical (unpaired) electrons. The van der Waals surface area contributed by atoms with Gasteiger partial charge in [-0.1, -0.05) is 25.0 Å². The van der Waals surface area contributed by atoms with Crippen molar-refractivity contribution in [3.05, 3.63) is 24.3 Å². The molecule has 0 saturated carbocycles. The summed E-state index contributed by atoms with van der Waals surface area (Å²) in [5, 5.41) is 14.4. The number of hydrogen-bond acceptors (Lipinski definition) is 3. The number of para-hydroxylation sites is 2. The van der Waals surface area contributed by atoms with Crippen LogP contribution < -0.4 is 15.5 Å². The van der Waals surface area contributed by atoms with Crippen LogP contribution in [-0.4, -0.2) is 37.4 Å². The molecule has 0 bridgehead atoms. The lowest BCUT2D eigenvalue weighted by atomic mass is 10.2. The quantitative estimate of drug-likeness (QED) is 0.731. The minimum absolute atomic E-state index is 0.0879. The van der Waals surface area contributed by atoms with E-state index in [9.17, 15) is 4.79 Å². The van der Waals surface area contributed by atoms with Gasteiger partial charge in [-0.15, -0.1) is 0 Å². The Bertz CT molecular complexity index is 443. The van der Waals surface area contributed by atoms with Crippen LogP contribution in [0.25, 0.3) is 0 Å². The van der Waals surface area contributed by atoms with Crippen LogP contribution in [0.4, 0.5) is 16.2 Å². The molecule has 0 spiro atoms. The molecule has 0 aliphatic carbocycles. The molecule has 2 rings (SSSR count). The van der Waals surface area contributed by atoms with Crippen LogP contribution in [0.3, 0.4) is 0 Å². The molecule has 2 amide bonds. The summed E-state index contributed by atoms with van der Waals surface area (Å²) in [5.41, 5.74) is 1.94. The standard InChI is InChI=1S/C16H25N3O2/c20-13-7-10-17-16(21)18-14-8-3-4-9-15(14)19-11-5-1-2-6-12-19/h3-4,8-9,20H,1-2,5-7,10-13H2,(H2,17,18,21). The highest BCUT2D eigenvalue weighted by atomic mass is 16.3. The molecule has 21 heavy (non-hydrogen) atoms. The Morgan fingerprint density at radius 1 is 1.14 bits per heavy atom. The smallest absolute Gasteiger partial charge is 0.319 e. The minimum atomic E-state index is -0.217. The maximum absolute atomic E-state index is 11.9. The van der Waals surface area contributed by atoms with Gasteiger partial charge in [-0.3, -0.25) is 0 Å². The summed E-state index contributed by atoms with van der Waals surface area (Å²) in [5.74, 6) is 0. The molecule has 0 atom stereocenters. The third kappa shape index (κ3) is 4.93. The number of anilines is 2. The predicted molar refractivity (Wildman–Crippen MR) is 85.8 cm³/mol. The van der Waals surface area contributed by atoms with E-state index in [-0.39, 0.29) is 12.6 Å². The van der Waals surface area contributed by atoms with E-state index < -0.39 is 0 Å². The molecule has 3 N–H and O–H groups in total. The summed E-state index contributed by atoms with van der Waals surface area (Å²) in [6.45, 7) is 2.66. The van der Waals surface area contributed by atoms with Gasteiger partial charge in [0.2, 0.25) is 0 Å². The van der Waals surface area contributed by atoms with Crippen LogP contribution >= 0.6 is 0 Å². The molecule has 1 fully saturated rings. The number of rotatable bonds is 5. The van der Waals surface area contributed by atoms with Gasteiger partial charge in [0.25, 0.3) is 0 Å². The summed E-state index contributed by atoms with van der Waals surface area (Å²) in [6, 6.07) is 7.73. The van der Waals surface area contributed by atoms with Crippen molar-refractivity contribution in [3.63, 3.8) is 0 Å². The number of carbonyl (C=O) groups is 1. The summed E-state index contributed by atoms with van der Waals surface area (Å²) >= 11 is 0. The lowest BCUT2D eigenvalue weighted by Crippen LogP contribution is -2.31. The Kier molecular flexibility index (Phi) is 6.34. The fourth-order valence-corrected chi connectivity index (χ4v) is 2.61. The zero-order chi connectivity index (χ0) is 14.9. The molecule has 5 nitrogen and oxygen atoms in total. The van der Waals surface area contributed by atoms with Crippen molar-refractivity contribution in [2.45, 2.75) is 32.1 Å². The highest BCUT2D eigenvalue weighted by Crippen LogP contribution is 2.27. The van der Waals surface area contributed by atoms with Crippen molar-refractivity contribution in [1.29, 1.82) is 0 Å². The lowest BCUT2D eigenvalue weighted by Gasteiger charge is -2.25. The predicted octanol–water partition coefficient (Wildman–Crippen LogP) is 2.57. The van der Waals surface area contributed by atoms with Gasteiger partial charge in [-0.2, -0.15) is 0 Å². The second-order valence-corrected chi connectivity index (χ2v) is 5.38. The molecule has 1 saturated heterocycles. The van der Waals surface area contributed by atoms with Crippen molar-refractivity contribution in [1.82, 2.24) is 5.32 Å². The number of benzene rings is 1. The minimum Gasteiger partial charge on any atom is -0.396 e. The monoisotopic (exact) mass is 291 g/mol. The van der Waals surface area contributed by atoms with Gasteiger partial charge in [-0.25, -0.2) is 4.79 Å². The number of amides is 2. The van der Waals surface area contributed by atoms with Crippen molar-refractivity contribution in [2.75, 3.05) is 36.5 Å². The van der Waals surface area contributed by atoms with Gasteiger partial charge in [-0.05, 0) is 31.4 Å². The van der Waals surface area contributed by atoms with Crippen molar-refractivity contribution in [3.8, 4) is 0 Å². The first kappa shape index (κ1) is 15.6. The molecule has 0 unspecified atom stereocenters. The highest BCUT2D eigenvalue weighted by Gasteiger charge is 2.14. The van der Waals surface area contributed by atoms with Gasteiger partial charge in [0.1, 0.15) is 0 Å². The number of urea groups is 1. The van der Waals surface area contributed by atoms with E-state index in [0.717, 1.165) is 24.5 Å². The molecular formula is C16H25N3O2. The largest absolute Gasteiger partial charge is 0.396 e. The van der Waals surface area contributed by atoms with E-state index in [4.69, 9.17) is 5.11 Å². The van der Waals surface area contributed by atoms with E-state index >= 15 is 0 Å². The average Bonchev–Trinajstić information content (AvgIpc) is 2.77. The molecule has 1 aromatic rings. The van der Waals surface area contributed by atoms with Crippen LogP contribution in [0, 0.1) is 0 Å². The highest BCUT2D eigenvalue weighted by molar-refractivity contribution is 5.93. The Morgan fingerprint density at radius 3 is 2.57 bits per heavy atom. The average molecular weight is 291 g/mol. The molecule has 0 aromatic heterocycles. The molecular weight excluding hydrogens is 266 g/mol. The maximum Gasteiger partial charge on any atom is 0.319 e. The molecule has 5 heteroatoms. The number of nitrogens with one attached hydrogen (secondary N) is 2. The number of carbonyl (C=O) groups excluding carboxylic acids is 1. The zero-order valence-corrected chi connectivity index (χ0v) is 12.5. The maximum atomic E-state index is 11.9. The van der Waals surface area contributed by atoms with Gasteiger partial charge in [0.15, 0.2) is 0 Å².